The minimum absolute atomic E-state index is 0.0944. The van der Waals surface area contributed by atoms with Gasteiger partial charge in [-0.3, -0.25) is 4.79 Å². The van der Waals surface area contributed by atoms with Gasteiger partial charge in [0, 0.05) is 3.57 Å². The molecule has 0 heterocycles. The maximum Gasteiger partial charge on any atom is 0.255 e. The van der Waals surface area contributed by atoms with Crippen molar-refractivity contribution in [1.82, 2.24) is 0 Å². The third kappa shape index (κ3) is 3.46. The number of primary amides is 1. The van der Waals surface area contributed by atoms with Crippen LogP contribution in [0.4, 0.5) is 0 Å². The second-order valence-electron chi connectivity index (χ2n) is 3.79. The number of benzene rings is 2. The van der Waals surface area contributed by atoms with E-state index in [0.29, 0.717) is 5.75 Å². The number of carbonyl (C=O) groups excluding carboxylic acids is 1. The standard InChI is InChI=1S/C14H12INO2/c15-12-5-1-10(2-6-12)11-3-7-13(8-4-11)18-9-14(16)17/h1-8H,9H2,(H2,16,17). The van der Waals surface area contributed by atoms with Gasteiger partial charge in [-0.05, 0) is 58.0 Å². The Kier molecular flexibility index (Phi) is 4.19. The smallest absolute Gasteiger partial charge is 0.255 e. The van der Waals surface area contributed by atoms with E-state index in [1.54, 1.807) is 0 Å². The first-order chi connectivity index (χ1) is 8.65. The van der Waals surface area contributed by atoms with Crippen molar-refractivity contribution in [3.63, 3.8) is 0 Å². The van der Waals surface area contributed by atoms with Gasteiger partial charge in [0.05, 0.1) is 0 Å². The maximum atomic E-state index is 10.6. The molecule has 0 aromatic heterocycles. The summed E-state index contributed by atoms with van der Waals surface area (Å²) in [6.07, 6.45) is 0. The van der Waals surface area contributed by atoms with Gasteiger partial charge in [-0.1, -0.05) is 24.3 Å². The van der Waals surface area contributed by atoms with E-state index in [9.17, 15) is 4.79 Å². The van der Waals surface area contributed by atoms with Crippen molar-refractivity contribution in [2.45, 2.75) is 0 Å². The molecule has 92 valence electrons. The monoisotopic (exact) mass is 353 g/mol. The molecule has 0 atom stereocenters. The molecule has 0 unspecified atom stereocenters. The van der Waals surface area contributed by atoms with Gasteiger partial charge in [-0.2, -0.15) is 0 Å². The first-order valence-corrected chi connectivity index (χ1v) is 6.50. The topological polar surface area (TPSA) is 52.3 Å². The average Bonchev–Trinajstić information content (AvgIpc) is 2.38. The lowest BCUT2D eigenvalue weighted by molar-refractivity contribution is -0.119. The van der Waals surface area contributed by atoms with Crippen LogP contribution in [0, 0.1) is 3.57 Å². The SMILES string of the molecule is NC(=O)COc1ccc(-c2ccc(I)cc2)cc1. The quantitative estimate of drug-likeness (QED) is 0.860. The van der Waals surface area contributed by atoms with E-state index in [-0.39, 0.29) is 6.61 Å². The Hall–Kier alpha value is -1.56. The lowest BCUT2D eigenvalue weighted by atomic mass is 10.1. The zero-order chi connectivity index (χ0) is 13.0. The van der Waals surface area contributed by atoms with Crippen molar-refractivity contribution < 1.29 is 9.53 Å². The fourth-order valence-electron chi connectivity index (χ4n) is 1.54. The molecule has 2 aromatic carbocycles. The highest BCUT2D eigenvalue weighted by Crippen LogP contribution is 2.23. The lowest BCUT2D eigenvalue weighted by Gasteiger charge is -2.05. The first-order valence-electron chi connectivity index (χ1n) is 5.42. The number of carbonyl (C=O) groups is 1. The Morgan fingerprint density at radius 2 is 1.50 bits per heavy atom. The van der Waals surface area contributed by atoms with E-state index in [1.807, 2.05) is 24.3 Å². The van der Waals surface area contributed by atoms with Crippen LogP contribution in [0.25, 0.3) is 11.1 Å². The summed E-state index contributed by atoms with van der Waals surface area (Å²) >= 11 is 2.27. The molecule has 2 rings (SSSR count). The summed E-state index contributed by atoms with van der Waals surface area (Å²) in [5.74, 6) is 0.166. The second kappa shape index (κ2) is 5.86. The Labute approximate surface area is 119 Å². The van der Waals surface area contributed by atoms with Gasteiger partial charge in [0.2, 0.25) is 0 Å². The van der Waals surface area contributed by atoms with Crippen molar-refractivity contribution >= 4 is 28.5 Å². The Morgan fingerprint density at radius 3 is 2.00 bits per heavy atom. The fourth-order valence-corrected chi connectivity index (χ4v) is 1.90. The van der Waals surface area contributed by atoms with Crippen molar-refractivity contribution in [2.75, 3.05) is 6.61 Å². The summed E-state index contributed by atoms with van der Waals surface area (Å²) in [4.78, 5) is 10.6. The summed E-state index contributed by atoms with van der Waals surface area (Å²) in [5.41, 5.74) is 7.27. The van der Waals surface area contributed by atoms with Crippen LogP contribution in [0.3, 0.4) is 0 Å². The molecule has 0 saturated heterocycles. The molecule has 0 aliphatic carbocycles. The van der Waals surface area contributed by atoms with E-state index in [0.717, 1.165) is 11.1 Å². The van der Waals surface area contributed by atoms with Crippen LogP contribution >= 0.6 is 22.6 Å². The highest BCUT2D eigenvalue weighted by molar-refractivity contribution is 14.1. The number of ether oxygens (including phenoxy) is 1. The summed E-state index contributed by atoms with van der Waals surface area (Å²) in [6, 6.07) is 15.8. The Bertz CT molecular complexity index is 535. The number of hydrogen-bond acceptors (Lipinski definition) is 2. The maximum absolute atomic E-state index is 10.6. The molecule has 0 radical (unpaired) electrons. The second-order valence-corrected chi connectivity index (χ2v) is 5.03. The summed E-state index contributed by atoms with van der Waals surface area (Å²) in [5, 5.41) is 0. The third-order valence-electron chi connectivity index (χ3n) is 2.41. The minimum Gasteiger partial charge on any atom is -0.484 e. The van der Waals surface area contributed by atoms with Crippen LogP contribution in [0.15, 0.2) is 48.5 Å². The Morgan fingerprint density at radius 1 is 1.00 bits per heavy atom. The van der Waals surface area contributed by atoms with Gasteiger partial charge in [0.1, 0.15) is 5.75 Å². The molecule has 1 amide bonds. The van der Waals surface area contributed by atoms with E-state index in [1.165, 1.54) is 3.57 Å². The van der Waals surface area contributed by atoms with Gasteiger partial charge < -0.3 is 10.5 Å². The molecular weight excluding hydrogens is 341 g/mol. The lowest BCUT2D eigenvalue weighted by Crippen LogP contribution is -2.19. The highest BCUT2D eigenvalue weighted by atomic mass is 127. The molecule has 0 aliphatic heterocycles. The number of rotatable bonds is 4. The molecule has 0 bridgehead atoms. The zero-order valence-corrected chi connectivity index (χ0v) is 11.8. The van der Waals surface area contributed by atoms with E-state index < -0.39 is 5.91 Å². The first kappa shape index (κ1) is 12.9. The molecule has 18 heavy (non-hydrogen) atoms. The molecule has 0 aliphatic rings. The van der Waals surface area contributed by atoms with E-state index in [4.69, 9.17) is 10.5 Å². The van der Waals surface area contributed by atoms with Gasteiger partial charge >= 0.3 is 0 Å². The molecular formula is C14H12INO2. The van der Waals surface area contributed by atoms with E-state index in [2.05, 4.69) is 46.9 Å². The molecule has 2 aromatic rings. The van der Waals surface area contributed by atoms with Crippen LogP contribution in [0.1, 0.15) is 0 Å². The van der Waals surface area contributed by atoms with Crippen molar-refractivity contribution in [3.8, 4) is 16.9 Å². The van der Waals surface area contributed by atoms with Crippen LogP contribution < -0.4 is 10.5 Å². The fraction of sp³-hybridized carbons (Fsp3) is 0.0714. The molecule has 0 spiro atoms. The van der Waals surface area contributed by atoms with Crippen LogP contribution in [0.5, 0.6) is 5.75 Å². The molecule has 2 N–H and O–H groups in total. The Balaban J connectivity index is 2.12. The molecule has 3 nitrogen and oxygen atoms in total. The summed E-state index contributed by atoms with van der Waals surface area (Å²) in [7, 11) is 0. The molecule has 0 saturated carbocycles. The predicted octanol–water partition coefficient (Wildman–Crippen LogP) is 2.82. The number of amides is 1. The average molecular weight is 353 g/mol. The van der Waals surface area contributed by atoms with Gasteiger partial charge in [0.25, 0.3) is 5.91 Å². The van der Waals surface area contributed by atoms with E-state index >= 15 is 0 Å². The normalized spacial score (nSPS) is 10.1. The van der Waals surface area contributed by atoms with Crippen LogP contribution in [0.2, 0.25) is 0 Å². The molecule has 0 fully saturated rings. The zero-order valence-electron chi connectivity index (χ0n) is 9.60. The summed E-state index contributed by atoms with van der Waals surface area (Å²) in [6.45, 7) is -0.0944. The van der Waals surface area contributed by atoms with Gasteiger partial charge in [-0.15, -0.1) is 0 Å². The third-order valence-corrected chi connectivity index (χ3v) is 3.13. The van der Waals surface area contributed by atoms with Crippen molar-refractivity contribution in [1.29, 1.82) is 0 Å². The number of nitrogens with two attached hydrogens (primary N) is 1. The molecule has 4 heteroatoms. The number of hydrogen-bond donors (Lipinski definition) is 1. The van der Waals surface area contributed by atoms with Gasteiger partial charge in [-0.25, -0.2) is 0 Å². The van der Waals surface area contributed by atoms with Gasteiger partial charge in [0.15, 0.2) is 6.61 Å². The summed E-state index contributed by atoms with van der Waals surface area (Å²) < 4.78 is 6.41. The van der Waals surface area contributed by atoms with Crippen LogP contribution in [-0.2, 0) is 4.79 Å². The van der Waals surface area contributed by atoms with Crippen LogP contribution in [-0.4, -0.2) is 12.5 Å². The minimum atomic E-state index is -0.475. The highest BCUT2D eigenvalue weighted by Gasteiger charge is 2.00. The number of halogens is 1. The predicted molar refractivity (Wildman–Crippen MR) is 79.3 cm³/mol. The van der Waals surface area contributed by atoms with Crippen molar-refractivity contribution in [2.24, 2.45) is 5.73 Å². The van der Waals surface area contributed by atoms with Crippen molar-refractivity contribution in [3.05, 3.63) is 52.1 Å². The largest absolute Gasteiger partial charge is 0.484 e.